The minimum atomic E-state index is -0.413. The van der Waals surface area contributed by atoms with Crippen LogP contribution in [-0.4, -0.2) is 39.9 Å². The largest absolute Gasteiger partial charge is 0.494 e. The van der Waals surface area contributed by atoms with Crippen LogP contribution in [0.1, 0.15) is 17.9 Å². The summed E-state index contributed by atoms with van der Waals surface area (Å²) >= 11 is 0. The van der Waals surface area contributed by atoms with E-state index in [4.69, 9.17) is 4.74 Å². The smallest absolute Gasteiger partial charge is 0.167 e. The van der Waals surface area contributed by atoms with Crippen molar-refractivity contribution in [2.45, 2.75) is 12.3 Å². The molecule has 0 aliphatic carbocycles. The maximum atomic E-state index is 13.9. The third kappa shape index (κ3) is 2.46. The highest BCUT2D eigenvalue weighted by atomic mass is 19.1. The van der Waals surface area contributed by atoms with Gasteiger partial charge in [0.25, 0.3) is 0 Å². The number of benzene rings is 1. The normalized spacial score (nSPS) is 17.6. The number of hydrogen-bond donors (Lipinski definition) is 0. The average Bonchev–Trinajstić information content (AvgIpc) is 3.22. The number of methoxy groups -OCH3 is 1. The van der Waals surface area contributed by atoms with Crippen LogP contribution in [-0.2, 0) is 7.05 Å². The zero-order valence-corrected chi connectivity index (χ0v) is 13.6. The van der Waals surface area contributed by atoms with Crippen molar-refractivity contribution < 1.29 is 9.13 Å². The summed E-state index contributed by atoms with van der Waals surface area (Å²) in [4.78, 5) is 10.8. The fourth-order valence-corrected chi connectivity index (χ4v) is 3.33. The molecule has 0 saturated carbocycles. The highest BCUT2D eigenvalue weighted by Gasteiger charge is 2.27. The molecule has 1 aliphatic heterocycles. The first-order valence-corrected chi connectivity index (χ1v) is 7.87. The van der Waals surface area contributed by atoms with Gasteiger partial charge in [-0.2, -0.15) is 5.10 Å². The molecule has 4 rings (SSSR count). The van der Waals surface area contributed by atoms with Crippen LogP contribution in [0.15, 0.2) is 30.9 Å². The molecule has 7 heteroatoms. The fraction of sp³-hybridized carbons (Fsp3) is 0.353. The molecule has 2 aromatic heterocycles. The lowest BCUT2D eigenvalue weighted by Gasteiger charge is -2.19. The van der Waals surface area contributed by atoms with E-state index in [2.05, 4.69) is 26.2 Å². The highest BCUT2D eigenvalue weighted by Crippen LogP contribution is 2.34. The third-order valence-corrected chi connectivity index (χ3v) is 4.57. The van der Waals surface area contributed by atoms with Crippen molar-refractivity contribution in [3.05, 3.63) is 42.2 Å². The molecule has 24 heavy (non-hydrogen) atoms. The quantitative estimate of drug-likeness (QED) is 0.740. The Morgan fingerprint density at radius 1 is 1.29 bits per heavy atom. The first kappa shape index (κ1) is 14.9. The minimum Gasteiger partial charge on any atom is -0.494 e. The lowest BCUT2D eigenvalue weighted by molar-refractivity contribution is 0.387. The van der Waals surface area contributed by atoms with E-state index < -0.39 is 5.82 Å². The van der Waals surface area contributed by atoms with Gasteiger partial charge in [0.05, 0.1) is 18.8 Å². The Hall–Kier alpha value is -2.70. The van der Waals surface area contributed by atoms with Crippen LogP contribution in [0.25, 0.3) is 10.9 Å². The molecule has 0 amide bonds. The summed E-state index contributed by atoms with van der Waals surface area (Å²) in [6.07, 6.45) is 6.51. The summed E-state index contributed by atoms with van der Waals surface area (Å²) in [5.41, 5.74) is 1.82. The average molecular weight is 327 g/mol. The van der Waals surface area contributed by atoms with E-state index in [9.17, 15) is 4.39 Å². The number of anilines is 1. The molecule has 124 valence electrons. The van der Waals surface area contributed by atoms with E-state index in [-0.39, 0.29) is 5.75 Å². The Balaban J connectivity index is 1.69. The van der Waals surface area contributed by atoms with Gasteiger partial charge in [-0.05, 0) is 18.1 Å². The van der Waals surface area contributed by atoms with Crippen LogP contribution in [0.2, 0.25) is 0 Å². The van der Waals surface area contributed by atoms with Gasteiger partial charge in [0, 0.05) is 43.7 Å². The van der Waals surface area contributed by atoms with Gasteiger partial charge in [0.2, 0.25) is 0 Å². The molecular formula is C17H18FN5O. The molecule has 3 aromatic rings. The predicted octanol–water partition coefficient (Wildman–Crippen LogP) is 2.50. The van der Waals surface area contributed by atoms with Crippen LogP contribution in [0.5, 0.6) is 5.75 Å². The van der Waals surface area contributed by atoms with E-state index >= 15 is 0 Å². The van der Waals surface area contributed by atoms with Gasteiger partial charge >= 0.3 is 0 Å². The monoisotopic (exact) mass is 327 g/mol. The van der Waals surface area contributed by atoms with Crippen molar-refractivity contribution in [1.82, 2.24) is 19.7 Å². The number of aromatic nitrogens is 4. The summed E-state index contributed by atoms with van der Waals surface area (Å²) in [5, 5.41) is 5.06. The SMILES string of the molecule is COc1cc2c(N3CCC(c4cnn(C)c4)C3)ncnc2cc1F. The van der Waals surface area contributed by atoms with Crippen LogP contribution in [0.4, 0.5) is 10.2 Å². The molecule has 1 unspecified atom stereocenters. The van der Waals surface area contributed by atoms with Crippen molar-refractivity contribution >= 4 is 16.7 Å². The summed E-state index contributed by atoms with van der Waals surface area (Å²) in [6, 6.07) is 3.07. The lowest BCUT2D eigenvalue weighted by Crippen LogP contribution is -2.20. The Morgan fingerprint density at radius 3 is 2.92 bits per heavy atom. The molecule has 0 N–H and O–H groups in total. The number of fused-ring (bicyclic) bond motifs is 1. The Labute approximate surface area is 138 Å². The number of nitrogens with zero attached hydrogens (tertiary/aromatic N) is 5. The van der Waals surface area contributed by atoms with Gasteiger partial charge in [-0.3, -0.25) is 4.68 Å². The second-order valence-corrected chi connectivity index (χ2v) is 6.08. The van der Waals surface area contributed by atoms with Crippen molar-refractivity contribution in [2.75, 3.05) is 25.1 Å². The molecule has 1 fully saturated rings. The topological polar surface area (TPSA) is 56.1 Å². The third-order valence-electron chi connectivity index (χ3n) is 4.57. The van der Waals surface area contributed by atoms with E-state index in [0.717, 1.165) is 30.7 Å². The molecule has 3 heterocycles. The molecule has 1 saturated heterocycles. The second kappa shape index (κ2) is 5.74. The Kier molecular flexibility index (Phi) is 3.55. The van der Waals surface area contributed by atoms with Crippen molar-refractivity contribution in [3.8, 4) is 5.75 Å². The molecule has 1 atom stereocenters. The van der Waals surface area contributed by atoms with E-state index in [1.807, 2.05) is 17.9 Å². The van der Waals surface area contributed by atoms with Gasteiger partial charge in [-0.25, -0.2) is 14.4 Å². The summed E-state index contributed by atoms with van der Waals surface area (Å²) in [5.74, 6) is 1.04. The van der Waals surface area contributed by atoms with Gasteiger partial charge in [0.1, 0.15) is 12.1 Å². The van der Waals surface area contributed by atoms with Crippen LogP contribution in [0, 0.1) is 5.82 Å². The number of hydrogen-bond acceptors (Lipinski definition) is 5. The predicted molar refractivity (Wildman–Crippen MR) is 88.8 cm³/mol. The number of halogens is 1. The maximum absolute atomic E-state index is 13.9. The first-order chi connectivity index (χ1) is 11.7. The zero-order valence-electron chi connectivity index (χ0n) is 13.6. The van der Waals surface area contributed by atoms with Gasteiger partial charge < -0.3 is 9.64 Å². The van der Waals surface area contributed by atoms with Crippen LogP contribution >= 0.6 is 0 Å². The summed E-state index contributed by atoms with van der Waals surface area (Å²) in [6.45, 7) is 1.75. The second-order valence-electron chi connectivity index (χ2n) is 6.08. The summed E-state index contributed by atoms with van der Waals surface area (Å²) in [7, 11) is 3.39. The van der Waals surface area contributed by atoms with Gasteiger partial charge in [-0.15, -0.1) is 0 Å². The van der Waals surface area contributed by atoms with Gasteiger partial charge in [0.15, 0.2) is 11.6 Å². The minimum absolute atomic E-state index is 0.210. The van der Waals surface area contributed by atoms with Gasteiger partial charge in [-0.1, -0.05) is 0 Å². The Morgan fingerprint density at radius 2 is 2.17 bits per heavy atom. The van der Waals surface area contributed by atoms with Crippen LogP contribution in [0.3, 0.4) is 0 Å². The molecule has 6 nitrogen and oxygen atoms in total. The number of rotatable bonds is 3. The molecule has 0 bridgehead atoms. The number of aryl methyl sites for hydroxylation is 1. The fourth-order valence-electron chi connectivity index (χ4n) is 3.33. The summed E-state index contributed by atoms with van der Waals surface area (Å²) < 4.78 is 20.8. The van der Waals surface area contributed by atoms with E-state index in [0.29, 0.717) is 11.4 Å². The van der Waals surface area contributed by atoms with Crippen LogP contribution < -0.4 is 9.64 Å². The Bertz CT molecular complexity index is 894. The van der Waals surface area contributed by atoms with Crippen molar-refractivity contribution in [3.63, 3.8) is 0 Å². The number of ether oxygens (including phenoxy) is 1. The van der Waals surface area contributed by atoms with E-state index in [1.54, 1.807) is 6.07 Å². The first-order valence-electron chi connectivity index (χ1n) is 7.87. The van der Waals surface area contributed by atoms with Crippen molar-refractivity contribution in [2.24, 2.45) is 7.05 Å². The molecule has 1 aromatic carbocycles. The molecule has 1 aliphatic rings. The van der Waals surface area contributed by atoms with Crippen molar-refractivity contribution in [1.29, 1.82) is 0 Å². The molecular weight excluding hydrogens is 309 g/mol. The highest BCUT2D eigenvalue weighted by molar-refractivity contribution is 5.90. The molecule has 0 spiro atoms. The standard InChI is InChI=1S/C17H18FN5O/c1-22-8-12(7-21-22)11-3-4-23(9-11)17-13-5-16(24-2)14(18)6-15(13)19-10-20-17/h5-8,10-11H,3-4,9H2,1-2H3. The zero-order chi connectivity index (χ0) is 16.7. The lowest BCUT2D eigenvalue weighted by atomic mass is 10.0. The molecule has 0 radical (unpaired) electrons. The maximum Gasteiger partial charge on any atom is 0.167 e. The van der Waals surface area contributed by atoms with E-state index in [1.165, 1.54) is 25.1 Å².